The van der Waals surface area contributed by atoms with E-state index in [1.165, 1.54) is 0 Å². The van der Waals surface area contributed by atoms with Crippen molar-refractivity contribution in [3.05, 3.63) is 101 Å². The molecule has 180 valence electrons. The molecule has 2 heterocycles. The molecule has 0 bridgehead atoms. The number of nitrogens with zero attached hydrogens (tertiary/aromatic N) is 4. The molecular formula is C28H31N5O2. The van der Waals surface area contributed by atoms with Crippen molar-refractivity contribution in [3.8, 4) is 6.07 Å². The van der Waals surface area contributed by atoms with E-state index in [0.717, 1.165) is 22.4 Å². The van der Waals surface area contributed by atoms with Gasteiger partial charge in [0.2, 0.25) is 5.91 Å². The number of rotatable bonds is 8. The number of pyridine rings is 1. The lowest BCUT2D eigenvalue weighted by Gasteiger charge is -2.38. The summed E-state index contributed by atoms with van der Waals surface area (Å²) in [5.74, 6) is -0.130. The smallest absolute Gasteiger partial charge is 0.242 e. The first-order valence-electron chi connectivity index (χ1n) is 11.9. The van der Waals surface area contributed by atoms with Crippen molar-refractivity contribution < 1.29 is 9.90 Å². The Morgan fingerprint density at radius 1 is 1.00 bits per heavy atom. The van der Waals surface area contributed by atoms with Gasteiger partial charge in [0.25, 0.3) is 0 Å². The van der Waals surface area contributed by atoms with Crippen molar-refractivity contribution in [1.82, 2.24) is 20.1 Å². The Hall–Kier alpha value is -3.57. The topological polar surface area (TPSA) is 92.5 Å². The summed E-state index contributed by atoms with van der Waals surface area (Å²) in [6.45, 7) is 3.76. The number of nitriles is 1. The van der Waals surface area contributed by atoms with Gasteiger partial charge in [0.15, 0.2) is 0 Å². The molecule has 1 aliphatic rings. The molecule has 2 unspecified atom stereocenters. The molecule has 1 aliphatic heterocycles. The number of aliphatic hydroxyl groups is 1. The molecule has 1 fully saturated rings. The van der Waals surface area contributed by atoms with Gasteiger partial charge in [-0.1, -0.05) is 66.7 Å². The molecule has 0 spiro atoms. The molecule has 7 nitrogen and oxygen atoms in total. The van der Waals surface area contributed by atoms with Crippen LogP contribution in [0, 0.1) is 18.3 Å². The van der Waals surface area contributed by atoms with Crippen LogP contribution < -0.4 is 5.32 Å². The minimum absolute atomic E-state index is 0.130. The third-order valence-electron chi connectivity index (χ3n) is 6.57. The van der Waals surface area contributed by atoms with Gasteiger partial charge < -0.3 is 10.0 Å². The largest absolute Gasteiger partial charge is 0.394 e. The van der Waals surface area contributed by atoms with Crippen molar-refractivity contribution in [1.29, 1.82) is 5.26 Å². The zero-order valence-electron chi connectivity index (χ0n) is 19.9. The molecule has 0 aliphatic carbocycles. The molecule has 35 heavy (non-hydrogen) atoms. The van der Waals surface area contributed by atoms with Crippen LogP contribution in [0.25, 0.3) is 0 Å². The summed E-state index contributed by atoms with van der Waals surface area (Å²) in [5.41, 5.74) is 3.80. The highest BCUT2D eigenvalue weighted by atomic mass is 16.3. The standard InChI is InChI=1S/C28H31N5O2/c1-21-24(13-8-14-30-21)26(19-29)32-15-17-33(18-16-32)28(35)25(20-34)31-27(22-9-4-2-5-10-22)23-11-6-3-7-12-23/h2-14,25-27,31,34H,15-18,20H2,1H3. The third-order valence-corrected chi connectivity index (χ3v) is 6.57. The number of nitrogens with one attached hydrogen (secondary N) is 1. The number of carbonyl (C=O) groups excluding carboxylic acids is 1. The molecule has 1 saturated heterocycles. The first-order chi connectivity index (χ1) is 17.1. The Bertz CT molecular complexity index is 1100. The number of piperazine rings is 1. The second-order valence-electron chi connectivity index (χ2n) is 8.73. The van der Waals surface area contributed by atoms with Gasteiger partial charge in [0.05, 0.1) is 18.7 Å². The monoisotopic (exact) mass is 469 g/mol. The second-order valence-corrected chi connectivity index (χ2v) is 8.73. The average molecular weight is 470 g/mol. The number of amides is 1. The molecule has 2 N–H and O–H groups in total. The Kier molecular flexibility index (Phi) is 8.22. The van der Waals surface area contributed by atoms with E-state index in [9.17, 15) is 15.2 Å². The van der Waals surface area contributed by atoms with Crippen LogP contribution in [-0.2, 0) is 4.79 Å². The van der Waals surface area contributed by atoms with Crippen molar-refractivity contribution in [3.63, 3.8) is 0 Å². The second kappa shape index (κ2) is 11.7. The zero-order valence-corrected chi connectivity index (χ0v) is 19.9. The lowest BCUT2D eigenvalue weighted by atomic mass is 9.97. The fourth-order valence-corrected chi connectivity index (χ4v) is 4.63. The number of hydrogen-bond acceptors (Lipinski definition) is 6. The lowest BCUT2D eigenvalue weighted by Crippen LogP contribution is -2.56. The van der Waals surface area contributed by atoms with Gasteiger partial charge in [-0.15, -0.1) is 0 Å². The summed E-state index contributed by atoms with van der Waals surface area (Å²) in [7, 11) is 0. The molecule has 3 aromatic rings. The number of hydrogen-bond donors (Lipinski definition) is 2. The highest BCUT2D eigenvalue weighted by molar-refractivity contribution is 5.82. The summed E-state index contributed by atoms with van der Waals surface area (Å²) in [6, 6.07) is 24.7. The van der Waals surface area contributed by atoms with E-state index < -0.39 is 12.1 Å². The van der Waals surface area contributed by atoms with Gasteiger partial charge in [-0.3, -0.25) is 20.0 Å². The molecule has 0 radical (unpaired) electrons. The van der Waals surface area contributed by atoms with E-state index >= 15 is 0 Å². The normalized spacial score (nSPS) is 16.0. The van der Waals surface area contributed by atoms with Gasteiger partial charge in [-0.05, 0) is 24.1 Å². The molecule has 2 aromatic carbocycles. The Morgan fingerprint density at radius 3 is 2.11 bits per heavy atom. The molecule has 7 heteroatoms. The van der Waals surface area contributed by atoms with Crippen molar-refractivity contribution >= 4 is 5.91 Å². The van der Waals surface area contributed by atoms with Gasteiger partial charge in [-0.2, -0.15) is 5.26 Å². The zero-order chi connectivity index (χ0) is 24.6. The Labute approximate surface area is 206 Å². The third kappa shape index (κ3) is 5.75. The van der Waals surface area contributed by atoms with E-state index in [0.29, 0.717) is 26.2 Å². The van der Waals surface area contributed by atoms with Crippen LogP contribution in [-0.4, -0.2) is 64.6 Å². The van der Waals surface area contributed by atoms with Crippen LogP contribution in [0.5, 0.6) is 0 Å². The van der Waals surface area contributed by atoms with E-state index in [1.807, 2.05) is 79.7 Å². The predicted octanol–water partition coefficient (Wildman–Crippen LogP) is 2.84. The van der Waals surface area contributed by atoms with Crippen LogP contribution in [0.15, 0.2) is 79.0 Å². The molecular weight excluding hydrogens is 438 g/mol. The minimum Gasteiger partial charge on any atom is -0.394 e. The van der Waals surface area contributed by atoms with E-state index in [4.69, 9.17) is 0 Å². The fourth-order valence-electron chi connectivity index (χ4n) is 4.63. The molecule has 1 aromatic heterocycles. The molecule has 1 amide bonds. The van der Waals surface area contributed by atoms with Crippen molar-refractivity contribution in [2.24, 2.45) is 0 Å². The van der Waals surface area contributed by atoms with Gasteiger partial charge in [-0.25, -0.2) is 0 Å². The average Bonchev–Trinajstić information content (AvgIpc) is 2.92. The van der Waals surface area contributed by atoms with E-state index in [-0.39, 0.29) is 18.6 Å². The van der Waals surface area contributed by atoms with E-state index in [2.05, 4.69) is 21.3 Å². The highest BCUT2D eigenvalue weighted by Gasteiger charge is 2.32. The summed E-state index contributed by atoms with van der Waals surface area (Å²) < 4.78 is 0. The highest BCUT2D eigenvalue weighted by Crippen LogP contribution is 2.25. The lowest BCUT2D eigenvalue weighted by molar-refractivity contribution is -0.136. The van der Waals surface area contributed by atoms with E-state index in [1.54, 1.807) is 11.1 Å². The summed E-state index contributed by atoms with van der Waals surface area (Å²) >= 11 is 0. The first-order valence-corrected chi connectivity index (χ1v) is 11.9. The maximum Gasteiger partial charge on any atom is 0.242 e. The number of carbonyl (C=O) groups is 1. The van der Waals surface area contributed by atoms with Crippen LogP contribution in [0.1, 0.15) is 34.5 Å². The number of benzene rings is 2. The maximum atomic E-state index is 13.4. The van der Waals surface area contributed by atoms with Crippen molar-refractivity contribution in [2.75, 3.05) is 32.8 Å². The Morgan fingerprint density at radius 2 is 1.60 bits per heavy atom. The van der Waals surface area contributed by atoms with Crippen LogP contribution in [0.3, 0.4) is 0 Å². The van der Waals surface area contributed by atoms with Gasteiger partial charge in [0, 0.05) is 43.6 Å². The summed E-state index contributed by atoms with van der Waals surface area (Å²) in [5, 5.41) is 23.4. The first kappa shape index (κ1) is 24.6. The summed E-state index contributed by atoms with van der Waals surface area (Å²) in [4.78, 5) is 21.6. The van der Waals surface area contributed by atoms with Gasteiger partial charge >= 0.3 is 0 Å². The molecule has 2 atom stereocenters. The predicted molar refractivity (Wildman–Crippen MR) is 134 cm³/mol. The van der Waals surface area contributed by atoms with Gasteiger partial charge in [0.1, 0.15) is 12.1 Å². The quantitative estimate of drug-likeness (QED) is 0.527. The maximum absolute atomic E-state index is 13.4. The van der Waals surface area contributed by atoms with Crippen molar-refractivity contribution in [2.45, 2.75) is 25.0 Å². The van der Waals surface area contributed by atoms with Crippen LogP contribution >= 0.6 is 0 Å². The molecule has 4 rings (SSSR count). The minimum atomic E-state index is -0.737. The number of aliphatic hydroxyl groups excluding tert-OH is 1. The number of aromatic nitrogens is 1. The fraction of sp³-hybridized carbons (Fsp3) is 0.321. The van der Waals surface area contributed by atoms with Crippen LogP contribution in [0.4, 0.5) is 0 Å². The SMILES string of the molecule is Cc1ncccc1C(C#N)N1CCN(C(=O)C(CO)NC(c2ccccc2)c2ccccc2)CC1. The van der Waals surface area contributed by atoms with Crippen LogP contribution in [0.2, 0.25) is 0 Å². The Balaban J connectivity index is 1.45. The number of aryl methyl sites for hydroxylation is 1. The molecule has 0 saturated carbocycles. The summed E-state index contributed by atoms with van der Waals surface area (Å²) in [6.07, 6.45) is 1.73.